The van der Waals surface area contributed by atoms with Gasteiger partial charge in [0.1, 0.15) is 0 Å². The van der Waals surface area contributed by atoms with E-state index in [0.29, 0.717) is 54.1 Å². The number of carbonyl (C=O) groups is 1. The summed E-state index contributed by atoms with van der Waals surface area (Å²) >= 11 is -2.36. The Kier molecular flexibility index (Phi) is 6.00. The van der Waals surface area contributed by atoms with Gasteiger partial charge in [-0.15, -0.1) is 0 Å². The number of carbonyl (C=O) groups excluding carboxylic acids is 1. The molecule has 0 amide bonds. The Hall–Kier alpha value is -1.04. The molecule has 3 saturated heterocycles. The maximum atomic E-state index is 12.8. The van der Waals surface area contributed by atoms with Crippen LogP contribution in [0.4, 0.5) is 0 Å². The Labute approximate surface area is 225 Å². The van der Waals surface area contributed by atoms with Crippen molar-refractivity contribution in [1.29, 1.82) is 0 Å². The molecule has 0 aromatic heterocycles. The Morgan fingerprint density at radius 1 is 1.05 bits per heavy atom. The van der Waals surface area contributed by atoms with E-state index in [4.69, 9.17) is 4.74 Å². The molecular weight excluding hydrogens is 587 g/mol. The van der Waals surface area contributed by atoms with E-state index in [1.165, 1.54) is 0 Å². The van der Waals surface area contributed by atoms with Crippen molar-refractivity contribution < 1.29 is 35.1 Å². The molecule has 3 aliphatic heterocycles. The van der Waals surface area contributed by atoms with Gasteiger partial charge in [0.2, 0.25) is 0 Å². The third kappa shape index (κ3) is 3.20. The minimum absolute atomic E-state index is 0.115. The molecule has 3 unspecified atom stereocenters. The number of alkyl halides is 3. The van der Waals surface area contributed by atoms with Crippen molar-refractivity contribution in [3.63, 3.8) is 0 Å². The summed E-state index contributed by atoms with van der Waals surface area (Å²) in [7, 11) is 0. The van der Waals surface area contributed by atoms with Crippen molar-refractivity contribution in [1.82, 2.24) is 0 Å². The summed E-state index contributed by atoms with van der Waals surface area (Å²) in [6, 6.07) is 0. The summed E-state index contributed by atoms with van der Waals surface area (Å²) in [5, 5.41) is 57.0. The van der Waals surface area contributed by atoms with Crippen LogP contribution in [0.3, 0.4) is 0 Å². The quantitative estimate of drug-likeness (QED) is 0.0797. The molecule has 1 spiro atoms. The van der Waals surface area contributed by atoms with Crippen LogP contribution in [-0.2, 0) is 9.53 Å². The number of halogens is 1. The van der Waals surface area contributed by atoms with Crippen LogP contribution in [0, 0.1) is 23.7 Å². The minimum atomic E-state index is -2.36. The zero-order valence-corrected chi connectivity index (χ0v) is 23.4. The molecule has 0 radical (unpaired) electrons. The molecule has 37 heavy (non-hydrogen) atoms. The fourth-order valence-corrected chi connectivity index (χ4v) is 20.3. The third-order valence-corrected chi connectivity index (χ3v) is 20.8. The van der Waals surface area contributed by atoms with Crippen molar-refractivity contribution >= 4 is 25.8 Å². The van der Waals surface area contributed by atoms with Gasteiger partial charge in [0.25, 0.3) is 0 Å². The summed E-state index contributed by atoms with van der Waals surface area (Å²) in [4.78, 5) is 12.5. The molecule has 8 heteroatoms. The average Bonchev–Trinajstić information content (AvgIpc) is 3.37. The molecule has 5 N–H and O–H groups in total. The third-order valence-electron chi connectivity index (χ3n) is 11.0. The Bertz CT molecular complexity index is 1100. The molecule has 7 nitrogen and oxygen atoms in total. The van der Waals surface area contributed by atoms with Gasteiger partial charge in [-0.25, -0.2) is 0 Å². The number of allylic oxidation sites excluding steroid dienone is 2. The topological polar surface area (TPSA) is 127 Å². The van der Waals surface area contributed by atoms with E-state index < -0.39 is 64.8 Å². The normalized spacial score (nSPS) is 50.0. The van der Waals surface area contributed by atoms with Crippen molar-refractivity contribution in [2.24, 2.45) is 23.7 Å². The Morgan fingerprint density at radius 2 is 1.76 bits per heavy atom. The van der Waals surface area contributed by atoms with Gasteiger partial charge < -0.3 is 0 Å². The molecule has 204 valence electrons. The molecule has 6 aliphatic rings. The fraction of sp³-hybridized carbons (Fsp3) is 0.690. The van der Waals surface area contributed by atoms with Crippen LogP contribution in [0.25, 0.3) is 0 Å². The van der Waals surface area contributed by atoms with Gasteiger partial charge in [-0.05, 0) is 0 Å². The predicted molar refractivity (Wildman–Crippen MR) is 147 cm³/mol. The van der Waals surface area contributed by atoms with Gasteiger partial charge in [0.05, 0.1) is 0 Å². The summed E-state index contributed by atoms with van der Waals surface area (Å²) < 4.78 is 5.81. The number of ether oxygens (including phenoxy) is 1. The second-order valence-corrected chi connectivity index (χ2v) is 18.9. The number of fused-ring (bicyclic) bond motifs is 8. The summed E-state index contributed by atoms with van der Waals surface area (Å²) in [5.41, 5.74) is -0.229. The Morgan fingerprint density at radius 3 is 2.46 bits per heavy atom. The molecule has 0 aromatic rings. The van der Waals surface area contributed by atoms with Gasteiger partial charge in [-0.2, -0.15) is 0 Å². The second-order valence-electron chi connectivity index (χ2n) is 12.3. The monoisotopic (exact) mass is 626 g/mol. The molecule has 3 aliphatic carbocycles. The molecule has 0 aromatic carbocycles. The number of hydrogen-bond donors (Lipinski definition) is 5. The number of esters is 1. The number of hydrogen-bond acceptors (Lipinski definition) is 7. The summed E-state index contributed by atoms with van der Waals surface area (Å²) in [5.74, 6) is -1.48. The molecule has 6 rings (SSSR count). The van der Waals surface area contributed by atoms with Crippen molar-refractivity contribution in [3.05, 3.63) is 48.6 Å². The predicted octanol–water partition coefficient (Wildman–Crippen LogP) is 2.54. The van der Waals surface area contributed by atoms with E-state index >= 15 is 0 Å². The van der Waals surface area contributed by atoms with Crippen LogP contribution in [0.2, 0.25) is 0 Å². The van der Waals surface area contributed by atoms with E-state index in [-0.39, 0.29) is 21.7 Å². The van der Waals surface area contributed by atoms with Crippen molar-refractivity contribution in [2.75, 3.05) is 4.43 Å². The summed E-state index contributed by atoms with van der Waals surface area (Å²) in [6.45, 7) is 16.7. The SMILES string of the molecule is C=C1C(=O)O[C@H]2C1CCC(=C)[C@@H]1C[C@@]3(O)[C@](O)(CC[C@]34C(O)CC3C(=C)CC[C@@H](C(=C)C(O)O)CI34)[C@@H]12. The standard InChI is InChI=1S/C29H39IO7/c1-14-6-8-19-17(4)26(34)37-24(19)23-20(14)12-29(36)27(9-10-28(23,29)35)22(31)11-21-15(2)5-7-18(13-30(21)27)16(3)25(32)33/h18-25,31-33,35-36H,1-13H2/t18-,19?,20+,21?,22?,23+,24+,27+,28+,29+/m1/s1. The first-order valence-electron chi connectivity index (χ1n) is 13.4. The molecule has 0 bridgehead atoms. The van der Waals surface area contributed by atoms with Crippen molar-refractivity contribution in [2.45, 2.75) is 88.4 Å². The number of rotatable bonds is 2. The van der Waals surface area contributed by atoms with Gasteiger partial charge in [0, 0.05) is 0 Å². The Balaban J connectivity index is 1.45. The number of aliphatic hydroxyl groups excluding tert-OH is 2. The molecule has 3 heterocycles. The first kappa shape index (κ1) is 26.2. The molecular formula is C29H39IO7. The van der Waals surface area contributed by atoms with E-state index in [2.05, 4.69) is 26.3 Å². The van der Waals surface area contributed by atoms with Crippen LogP contribution in [0.5, 0.6) is 0 Å². The van der Waals surface area contributed by atoms with Crippen LogP contribution >= 0.6 is 19.8 Å². The molecule has 3 saturated carbocycles. The zero-order chi connectivity index (χ0) is 26.7. The first-order chi connectivity index (χ1) is 17.4. The van der Waals surface area contributed by atoms with Gasteiger partial charge in [-0.1, -0.05) is 0 Å². The van der Waals surface area contributed by atoms with Crippen LogP contribution in [0.1, 0.15) is 51.4 Å². The van der Waals surface area contributed by atoms with Crippen molar-refractivity contribution in [3.8, 4) is 0 Å². The van der Waals surface area contributed by atoms with Gasteiger partial charge in [0.15, 0.2) is 0 Å². The van der Waals surface area contributed by atoms with Crippen LogP contribution < -0.4 is 0 Å². The fourth-order valence-electron chi connectivity index (χ4n) is 8.97. The molecule has 10 atom stereocenters. The number of aliphatic hydroxyl groups is 5. The molecule has 6 fully saturated rings. The van der Waals surface area contributed by atoms with E-state index in [9.17, 15) is 30.3 Å². The zero-order valence-electron chi connectivity index (χ0n) is 21.2. The van der Waals surface area contributed by atoms with E-state index in [1.807, 2.05) is 0 Å². The van der Waals surface area contributed by atoms with Gasteiger partial charge >= 0.3 is 226 Å². The maximum absolute atomic E-state index is 12.8. The van der Waals surface area contributed by atoms with Crippen LogP contribution in [0.15, 0.2) is 48.6 Å². The van der Waals surface area contributed by atoms with E-state index in [1.54, 1.807) is 0 Å². The van der Waals surface area contributed by atoms with Crippen LogP contribution in [-0.4, -0.2) is 73.0 Å². The van der Waals surface area contributed by atoms with E-state index in [0.717, 1.165) is 24.0 Å². The second kappa shape index (κ2) is 8.48. The average molecular weight is 627 g/mol. The van der Waals surface area contributed by atoms with Gasteiger partial charge in [-0.3, -0.25) is 0 Å². The first-order valence-corrected chi connectivity index (χ1v) is 17.3. The summed E-state index contributed by atoms with van der Waals surface area (Å²) in [6.07, 6.45) is 1.51.